The molecule has 0 aliphatic carbocycles. The van der Waals surface area contributed by atoms with Crippen LogP contribution in [0.2, 0.25) is 0 Å². The molecule has 1 N–H and O–H groups in total. The Kier molecular flexibility index (Phi) is 8.70. The van der Waals surface area contributed by atoms with Crippen LogP contribution in [0.5, 0.6) is 17.2 Å². The maximum Gasteiger partial charge on any atom is 0.295 e. The van der Waals surface area contributed by atoms with Crippen molar-refractivity contribution in [3.8, 4) is 17.2 Å². The topological polar surface area (TPSA) is 97.8 Å². The molecule has 2 aliphatic rings. The van der Waals surface area contributed by atoms with Crippen molar-refractivity contribution in [2.24, 2.45) is 0 Å². The van der Waals surface area contributed by atoms with E-state index in [-0.39, 0.29) is 11.3 Å². The molecule has 2 aromatic carbocycles. The second kappa shape index (κ2) is 12.1. The molecule has 2 saturated heterocycles. The van der Waals surface area contributed by atoms with Crippen LogP contribution in [0.1, 0.15) is 22.7 Å². The average Bonchev–Trinajstić information content (AvgIpc) is 3.20. The zero-order chi connectivity index (χ0) is 27.2. The molecule has 0 bridgehead atoms. The molecular weight excluding hydrogens is 488 g/mol. The highest BCUT2D eigenvalue weighted by Crippen LogP contribution is 2.42. The lowest BCUT2D eigenvalue weighted by molar-refractivity contribution is -0.140. The van der Waals surface area contributed by atoms with Gasteiger partial charge in [0.2, 0.25) is 0 Å². The highest BCUT2D eigenvalue weighted by atomic mass is 16.5. The molecular formula is C29H34N2O7. The normalized spacial score (nSPS) is 19.4. The summed E-state index contributed by atoms with van der Waals surface area (Å²) in [7, 11) is 3.06. The molecule has 38 heavy (non-hydrogen) atoms. The van der Waals surface area contributed by atoms with Crippen LogP contribution in [0.15, 0.2) is 54.6 Å². The number of carbonyl (C=O) groups excluding carboxylic acids is 2. The van der Waals surface area contributed by atoms with Crippen LogP contribution in [-0.4, -0.2) is 86.8 Å². The third-order valence-corrected chi connectivity index (χ3v) is 6.83. The molecule has 2 aromatic rings. The number of nitrogens with zero attached hydrogens (tertiary/aromatic N) is 2. The van der Waals surface area contributed by atoms with Crippen LogP contribution in [0.4, 0.5) is 0 Å². The van der Waals surface area contributed by atoms with E-state index in [0.29, 0.717) is 61.3 Å². The van der Waals surface area contributed by atoms with Crippen LogP contribution >= 0.6 is 0 Å². The van der Waals surface area contributed by atoms with Gasteiger partial charge in [0.1, 0.15) is 18.1 Å². The van der Waals surface area contributed by atoms with E-state index in [1.165, 1.54) is 19.1 Å². The summed E-state index contributed by atoms with van der Waals surface area (Å²) < 4.78 is 21.9. The van der Waals surface area contributed by atoms with Gasteiger partial charge >= 0.3 is 0 Å². The summed E-state index contributed by atoms with van der Waals surface area (Å²) in [5.74, 6) is 0.00553. The number of carbonyl (C=O) groups is 2. The number of aliphatic hydroxyl groups excluding tert-OH is 1. The summed E-state index contributed by atoms with van der Waals surface area (Å²) in [6.07, 6.45) is 1.65. The number of hydrogen-bond acceptors (Lipinski definition) is 8. The van der Waals surface area contributed by atoms with Gasteiger partial charge in [-0.3, -0.25) is 14.5 Å². The molecule has 9 heteroatoms. The van der Waals surface area contributed by atoms with E-state index in [4.69, 9.17) is 18.9 Å². The van der Waals surface area contributed by atoms with Gasteiger partial charge in [0.25, 0.3) is 11.7 Å². The standard InChI is InChI=1S/C29H34N2O7/c1-5-14-38-22-8-7-21(17-19(22)2)27(32)25-26(20-6-9-23(35-3)24(18-20)36-4)31(29(34)28(25)33)11-10-30-12-15-37-16-13-30/h5-9,17-18,26,32H,1,10-16H2,2-4H3/b27-25+. The lowest BCUT2D eigenvalue weighted by Crippen LogP contribution is -2.42. The summed E-state index contributed by atoms with van der Waals surface area (Å²) >= 11 is 0. The fourth-order valence-corrected chi connectivity index (χ4v) is 4.82. The minimum Gasteiger partial charge on any atom is -0.507 e. The Morgan fingerprint density at radius 1 is 1.05 bits per heavy atom. The van der Waals surface area contributed by atoms with Crippen molar-refractivity contribution in [1.29, 1.82) is 0 Å². The Labute approximate surface area is 222 Å². The van der Waals surface area contributed by atoms with Gasteiger partial charge in [-0.25, -0.2) is 0 Å². The Hall–Kier alpha value is -3.82. The molecule has 0 radical (unpaired) electrons. The molecule has 2 fully saturated rings. The van der Waals surface area contributed by atoms with E-state index < -0.39 is 17.7 Å². The average molecular weight is 523 g/mol. The van der Waals surface area contributed by atoms with Crippen LogP contribution in [0.25, 0.3) is 5.76 Å². The number of amides is 1. The van der Waals surface area contributed by atoms with E-state index >= 15 is 0 Å². The van der Waals surface area contributed by atoms with Crippen molar-refractivity contribution < 1.29 is 33.6 Å². The first kappa shape index (κ1) is 27.2. The molecule has 0 spiro atoms. The van der Waals surface area contributed by atoms with Crippen LogP contribution in [0.3, 0.4) is 0 Å². The van der Waals surface area contributed by atoms with Gasteiger partial charge in [-0.1, -0.05) is 18.7 Å². The largest absolute Gasteiger partial charge is 0.507 e. The summed E-state index contributed by atoms with van der Waals surface area (Å²) in [5, 5.41) is 11.4. The molecule has 1 atom stereocenters. The third kappa shape index (κ3) is 5.54. The third-order valence-electron chi connectivity index (χ3n) is 6.83. The molecule has 9 nitrogen and oxygen atoms in total. The van der Waals surface area contributed by atoms with Crippen LogP contribution in [0, 0.1) is 6.92 Å². The van der Waals surface area contributed by atoms with Gasteiger partial charge in [0.05, 0.1) is 39.0 Å². The summed E-state index contributed by atoms with van der Waals surface area (Å²) in [6, 6.07) is 9.59. The smallest absolute Gasteiger partial charge is 0.295 e. The zero-order valence-electron chi connectivity index (χ0n) is 22.1. The summed E-state index contributed by atoms with van der Waals surface area (Å²) in [4.78, 5) is 30.5. The number of aliphatic hydroxyl groups is 1. The van der Waals surface area contributed by atoms with Gasteiger partial charge in [-0.05, 0) is 48.4 Å². The van der Waals surface area contributed by atoms with Crippen molar-refractivity contribution in [3.63, 3.8) is 0 Å². The number of aryl methyl sites for hydroxylation is 1. The number of morpholine rings is 1. The number of hydrogen-bond donors (Lipinski definition) is 1. The van der Waals surface area contributed by atoms with Crippen molar-refractivity contribution in [2.75, 3.05) is 60.2 Å². The lowest BCUT2D eigenvalue weighted by atomic mass is 9.94. The molecule has 0 saturated carbocycles. The van der Waals surface area contributed by atoms with Crippen LogP contribution in [-0.2, 0) is 14.3 Å². The minimum absolute atomic E-state index is 0.0309. The van der Waals surface area contributed by atoms with E-state index in [1.807, 2.05) is 6.92 Å². The monoisotopic (exact) mass is 522 g/mol. The second-order valence-corrected chi connectivity index (χ2v) is 9.14. The second-order valence-electron chi connectivity index (χ2n) is 9.14. The highest BCUT2D eigenvalue weighted by Gasteiger charge is 2.46. The Bertz CT molecular complexity index is 1230. The first-order chi connectivity index (χ1) is 18.4. The van der Waals surface area contributed by atoms with E-state index in [2.05, 4.69) is 11.5 Å². The number of ether oxygens (including phenoxy) is 4. The Balaban J connectivity index is 1.77. The fraction of sp³-hybridized carbons (Fsp3) is 0.379. The molecule has 0 aromatic heterocycles. The summed E-state index contributed by atoms with van der Waals surface area (Å²) in [6.45, 7) is 9.51. The summed E-state index contributed by atoms with van der Waals surface area (Å²) in [5.41, 5.74) is 1.86. The first-order valence-corrected chi connectivity index (χ1v) is 12.5. The van der Waals surface area contributed by atoms with Crippen molar-refractivity contribution in [2.45, 2.75) is 13.0 Å². The first-order valence-electron chi connectivity index (χ1n) is 12.5. The number of likely N-dealkylation sites (tertiary alicyclic amines) is 1. The van der Waals surface area contributed by atoms with Gasteiger partial charge in [0, 0.05) is 31.7 Å². The highest BCUT2D eigenvalue weighted by molar-refractivity contribution is 6.46. The minimum atomic E-state index is -0.798. The van der Waals surface area contributed by atoms with Gasteiger partial charge in [-0.2, -0.15) is 0 Å². The molecule has 2 aliphatic heterocycles. The number of ketones is 1. The number of rotatable bonds is 10. The SMILES string of the molecule is C=CCOc1ccc(/C(O)=C2\C(=O)C(=O)N(CCN3CCOCC3)C2c2ccc(OC)c(OC)c2)cc1C. The number of Topliss-reactive ketones (excluding diaryl/α,β-unsaturated/α-hetero) is 1. The van der Waals surface area contributed by atoms with Crippen molar-refractivity contribution in [1.82, 2.24) is 9.80 Å². The molecule has 1 unspecified atom stereocenters. The molecule has 4 rings (SSSR count). The molecule has 1 amide bonds. The number of methoxy groups -OCH3 is 2. The zero-order valence-corrected chi connectivity index (χ0v) is 22.1. The van der Waals surface area contributed by atoms with E-state index in [1.54, 1.807) is 42.5 Å². The van der Waals surface area contributed by atoms with Crippen molar-refractivity contribution in [3.05, 3.63) is 71.3 Å². The Morgan fingerprint density at radius 3 is 2.42 bits per heavy atom. The van der Waals surface area contributed by atoms with E-state index in [9.17, 15) is 14.7 Å². The lowest BCUT2D eigenvalue weighted by Gasteiger charge is -2.31. The van der Waals surface area contributed by atoms with E-state index in [0.717, 1.165) is 18.7 Å². The molecule has 2 heterocycles. The maximum atomic E-state index is 13.4. The molecule has 202 valence electrons. The Morgan fingerprint density at radius 2 is 1.76 bits per heavy atom. The predicted molar refractivity (Wildman–Crippen MR) is 143 cm³/mol. The number of benzene rings is 2. The van der Waals surface area contributed by atoms with Crippen LogP contribution < -0.4 is 14.2 Å². The fourth-order valence-electron chi connectivity index (χ4n) is 4.82. The predicted octanol–water partition coefficient (Wildman–Crippen LogP) is 3.33. The van der Waals surface area contributed by atoms with Gasteiger partial charge < -0.3 is 29.0 Å². The quantitative estimate of drug-likeness (QED) is 0.220. The van der Waals surface area contributed by atoms with Gasteiger partial charge in [0.15, 0.2) is 11.5 Å². The van der Waals surface area contributed by atoms with Crippen molar-refractivity contribution >= 4 is 17.4 Å². The maximum absolute atomic E-state index is 13.4. The van der Waals surface area contributed by atoms with Gasteiger partial charge in [-0.15, -0.1) is 0 Å².